The smallest absolute Gasteiger partial charge is 0.354 e. The van der Waals surface area contributed by atoms with Crippen LogP contribution in [-0.4, -0.2) is 74.9 Å². The Labute approximate surface area is 269 Å². The number of benzene rings is 2. The summed E-state index contributed by atoms with van der Waals surface area (Å²) < 4.78 is 47.3. The SMILES string of the molecule is C=CC(=O)N1CC(C)N2c3nc(=O)n(-c4c(C)ccnc4C(C)C)c4c(F)c(-c5c(O)cccc5O)c(Cl)c(c34)S(=O)(=O)CC2C1. The van der Waals surface area contributed by atoms with Gasteiger partial charge in [-0.1, -0.05) is 38.1 Å². The molecule has 2 aromatic heterocycles. The number of hydrogen-bond donors (Lipinski definition) is 2. The number of aryl methyl sites for hydroxylation is 1. The Bertz CT molecular complexity index is 2130. The van der Waals surface area contributed by atoms with Gasteiger partial charge in [-0.2, -0.15) is 4.98 Å². The van der Waals surface area contributed by atoms with Gasteiger partial charge >= 0.3 is 5.69 Å². The zero-order chi connectivity index (χ0) is 33.4. The number of anilines is 1. The molecule has 2 N–H and O–H groups in total. The zero-order valence-corrected chi connectivity index (χ0v) is 27.0. The van der Waals surface area contributed by atoms with E-state index < -0.39 is 83.1 Å². The Balaban J connectivity index is 1.86. The van der Waals surface area contributed by atoms with E-state index >= 15 is 4.39 Å². The van der Waals surface area contributed by atoms with E-state index in [1.807, 2.05) is 13.8 Å². The molecule has 46 heavy (non-hydrogen) atoms. The van der Waals surface area contributed by atoms with E-state index in [2.05, 4.69) is 16.5 Å². The van der Waals surface area contributed by atoms with Crippen molar-refractivity contribution in [2.75, 3.05) is 23.7 Å². The molecule has 0 spiro atoms. The highest BCUT2D eigenvalue weighted by Gasteiger charge is 2.45. The van der Waals surface area contributed by atoms with Crippen molar-refractivity contribution in [3.8, 4) is 28.3 Å². The van der Waals surface area contributed by atoms with Crippen LogP contribution in [0.25, 0.3) is 27.7 Å². The minimum Gasteiger partial charge on any atom is -0.507 e. The van der Waals surface area contributed by atoms with Crippen molar-refractivity contribution in [1.29, 1.82) is 0 Å². The minimum absolute atomic E-state index is 0.0406. The third-order valence-electron chi connectivity index (χ3n) is 8.58. The van der Waals surface area contributed by atoms with E-state index in [9.17, 15) is 28.2 Å². The molecule has 1 amide bonds. The number of fused-ring (bicyclic) bond motifs is 2. The number of hydrogen-bond acceptors (Lipinski definition) is 9. The number of rotatable bonds is 4. The highest BCUT2D eigenvalue weighted by Crippen LogP contribution is 2.50. The number of pyridine rings is 1. The Kier molecular flexibility index (Phi) is 7.59. The summed E-state index contributed by atoms with van der Waals surface area (Å²) in [6.07, 6.45) is 2.70. The first-order chi connectivity index (χ1) is 21.7. The van der Waals surface area contributed by atoms with Crippen LogP contribution >= 0.6 is 11.6 Å². The number of carbonyl (C=O) groups excluding carboxylic acids is 1. The molecule has 0 saturated carbocycles. The summed E-state index contributed by atoms with van der Waals surface area (Å²) >= 11 is 6.86. The van der Waals surface area contributed by atoms with Gasteiger partial charge in [0.15, 0.2) is 15.7 Å². The summed E-state index contributed by atoms with van der Waals surface area (Å²) in [6, 6.07) is 3.92. The van der Waals surface area contributed by atoms with Crippen molar-refractivity contribution >= 4 is 44.1 Å². The van der Waals surface area contributed by atoms with Gasteiger partial charge in [-0.05, 0) is 49.6 Å². The van der Waals surface area contributed by atoms with Crippen LogP contribution in [0.3, 0.4) is 0 Å². The molecule has 2 atom stereocenters. The van der Waals surface area contributed by atoms with Crippen LogP contribution in [0.15, 0.2) is 52.8 Å². The molecule has 240 valence electrons. The molecule has 0 aliphatic carbocycles. The number of sulfone groups is 1. The lowest BCUT2D eigenvalue weighted by Crippen LogP contribution is -2.61. The number of aromatic nitrogens is 3. The van der Waals surface area contributed by atoms with Crippen LogP contribution in [0.2, 0.25) is 5.02 Å². The van der Waals surface area contributed by atoms with Crippen LogP contribution in [-0.2, 0) is 14.6 Å². The van der Waals surface area contributed by atoms with E-state index in [1.165, 1.54) is 23.1 Å². The number of amides is 1. The first-order valence-corrected chi connectivity index (χ1v) is 16.6. The average Bonchev–Trinajstić information content (AvgIpc) is 3.07. The normalized spacial score (nSPS) is 18.8. The summed E-state index contributed by atoms with van der Waals surface area (Å²) in [5, 5.41) is 20.8. The van der Waals surface area contributed by atoms with E-state index in [-0.39, 0.29) is 35.9 Å². The first kappa shape index (κ1) is 31.5. The fourth-order valence-electron chi connectivity index (χ4n) is 6.68. The average molecular weight is 668 g/mol. The van der Waals surface area contributed by atoms with E-state index in [4.69, 9.17) is 11.6 Å². The van der Waals surface area contributed by atoms with E-state index in [0.717, 1.165) is 10.6 Å². The fraction of sp³-hybridized carbons (Fsp3) is 0.312. The topological polar surface area (TPSA) is 146 Å². The van der Waals surface area contributed by atoms with Crippen molar-refractivity contribution in [1.82, 2.24) is 19.4 Å². The number of halogens is 2. The molecule has 14 heteroatoms. The highest BCUT2D eigenvalue weighted by atomic mass is 35.5. The molecule has 0 bridgehead atoms. The lowest BCUT2D eigenvalue weighted by atomic mass is 9.98. The van der Waals surface area contributed by atoms with Gasteiger partial charge < -0.3 is 20.0 Å². The maximum atomic E-state index is 17.4. The van der Waals surface area contributed by atoms with Gasteiger partial charge in [-0.25, -0.2) is 17.6 Å². The van der Waals surface area contributed by atoms with Crippen LogP contribution in [0.4, 0.5) is 10.2 Å². The zero-order valence-electron chi connectivity index (χ0n) is 25.5. The third kappa shape index (κ3) is 4.63. The molecular weight excluding hydrogens is 637 g/mol. The van der Waals surface area contributed by atoms with Gasteiger partial charge in [0.2, 0.25) is 5.91 Å². The van der Waals surface area contributed by atoms with Crippen LogP contribution < -0.4 is 10.6 Å². The van der Waals surface area contributed by atoms with Gasteiger partial charge in [0.1, 0.15) is 17.3 Å². The van der Waals surface area contributed by atoms with Crippen molar-refractivity contribution in [2.24, 2.45) is 0 Å². The molecule has 2 aliphatic heterocycles. The molecule has 2 unspecified atom stereocenters. The van der Waals surface area contributed by atoms with Crippen LogP contribution in [0.5, 0.6) is 11.5 Å². The molecule has 2 aromatic carbocycles. The fourth-order valence-corrected chi connectivity index (χ4v) is 9.12. The number of nitrogens with zero attached hydrogens (tertiary/aromatic N) is 5. The van der Waals surface area contributed by atoms with Gasteiger partial charge in [0.25, 0.3) is 0 Å². The van der Waals surface area contributed by atoms with Gasteiger partial charge in [0, 0.05) is 30.9 Å². The number of phenolic OH excluding ortho intramolecular Hbond substituents is 2. The Hall–Kier alpha value is -4.49. The Morgan fingerprint density at radius 1 is 1.17 bits per heavy atom. The molecule has 6 rings (SSSR count). The molecule has 1 saturated heterocycles. The van der Waals surface area contributed by atoms with Gasteiger partial charge in [-0.15, -0.1) is 0 Å². The lowest BCUT2D eigenvalue weighted by molar-refractivity contribution is -0.127. The molecule has 2 aliphatic rings. The minimum atomic E-state index is -4.42. The number of carbonyl (C=O) groups is 1. The Morgan fingerprint density at radius 3 is 2.48 bits per heavy atom. The maximum absolute atomic E-state index is 17.4. The molecule has 11 nitrogen and oxygen atoms in total. The van der Waals surface area contributed by atoms with Crippen molar-refractivity contribution < 1.29 is 27.8 Å². The monoisotopic (exact) mass is 667 g/mol. The van der Waals surface area contributed by atoms with Crippen LogP contribution in [0.1, 0.15) is 37.9 Å². The van der Waals surface area contributed by atoms with Gasteiger partial charge in [-0.3, -0.25) is 14.3 Å². The second-order valence-corrected chi connectivity index (χ2v) is 14.3. The summed E-state index contributed by atoms with van der Waals surface area (Å²) in [6.45, 7) is 10.8. The Morgan fingerprint density at radius 2 is 1.85 bits per heavy atom. The van der Waals surface area contributed by atoms with Crippen molar-refractivity contribution in [3.63, 3.8) is 0 Å². The second-order valence-electron chi connectivity index (χ2n) is 11.9. The number of aromatic hydroxyl groups is 2. The molecular formula is C32H31ClFN5O6S. The highest BCUT2D eigenvalue weighted by molar-refractivity contribution is 7.91. The standard InChI is InChI=1S/C32H31ClFN5O6S/c1-6-21(42)37-12-17(5)38-18(13-37)14-46(44,45)30-24-29(26(34)23(25(30)33)22-19(40)8-7-9-20(22)41)39(32(43)36-31(24)38)28-16(4)10-11-35-27(28)15(2)3/h6-11,15,17-18,40-41H,1,12-14H2,2-5H3. The summed E-state index contributed by atoms with van der Waals surface area (Å²) in [7, 11) is -4.42. The second kappa shape index (κ2) is 11.1. The van der Waals surface area contributed by atoms with Gasteiger partial charge in [0.05, 0.1) is 49.6 Å². The summed E-state index contributed by atoms with van der Waals surface area (Å²) in [5.74, 6) is -3.57. The number of piperazine rings is 1. The largest absolute Gasteiger partial charge is 0.507 e. The maximum Gasteiger partial charge on any atom is 0.354 e. The van der Waals surface area contributed by atoms with E-state index in [1.54, 1.807) is 31.0 Å². The predicted octanol–water partition coefficient (Wildman–Crippen LogP) is 4.46. The van der Waals surface area contributed by atoms with Crippen molar-refractivity contribution in [3.05, 3.63) is 75.7 Å². The molecule has 1 fully saturated rings. The lowest BCUT2D eigenvalue weighted by Gasteiger charge is -2.45. The first-order valence-electron chi connectivity index (χ1n) is 14.6. The van der Waals surface area contributed by atoms with Crippen LogP contribution in [0, 0.1) is 12.7 Å². The molecule has 4 aromatic rings. The number of phenols is 2. The third-order valence-corrected chi connectivity index (χ3v) is 10.9. The quantitative estimate of drug-likeness (QED) is 0.238. The molecule has 0 radical (unpaired) electrons. The summed E-state index contributed by atoms with van der Waals surface area (Å²) in [5.41, 5.74) is -1.21. The molecule has 4 heterocycles. The predicted molar refractivity (Wildman–Crippen MR) is 172 cm³/mol. The van der Waals surface area contributed by atoms with E-state index in [0.29, 0.717) is 11.3 Å². The van der Waals surface area contributed by atoms with Crippen molar-refractivity contribution in [2.45, 2.75) is 50.6 Å². The summed E-state index contributed by atoms with van der Waals surface area (Å²) in [4.78, 5) is 38.3.